The zero-order valence-electron chi connectivity index (χ0n) is 19.3. The van der Waals surface area contributed by atoms with Crippen LogP contribution in [0.3, 0.4) is 0 Å². The highest BCUT2D eigenvalue weighted by Gasteiger charge is 2.41. The van der Waals surface area contributed by atoms with Gasteiger partial charge in [-0.3, -0.25) is 19.7 Å². The molecule has 1 N–H and O–H groups in total. The van der Waals surface area contributed by atoms with Crippen molar-refractivity contribution in [1.82, 2.24) is 20.2 Å². The molecule has 0 bridgehead atoms. The number of pyridine rings is 2. The maximum atomic E-state index is 13.3. The van der Waals surface area contributed by atoms with E-state index in [1.54, 1.807) is 6.08 Å². The molecule has 0 aliphatic carbocycles. The van der Waals surface area contributed by atoms with Crippen molar-refractivity contribution in [2.75, 3.05) is 19.6 Å². The summed E-state index contributed by atoms with van der Waals surface area (Å²) in [5.41, 5.74) is 5.18. The van der Waals surface area contributed by atoms with Crippen LogP contribution in [0.4, 0.5) is 0 Å². The van der Waals surface area contributed by atoms with Gasteiger partial charge in [-0.05, 0) is 80.2 Å². The van der Waals surface area contributed by atoms with Gasteiger partial charge in [0.25, 0.3) is 0 Å². The highest BCUT2D eigenvalue weighted by molar-refractivity contribution is 5.83. The van der Waals surface area contributed by atoms with Crippen molar-refractivity contribution < 1.29 is 4.79 Å². The molecule has 4 rings (SSSR count). The van der Waals surface area contributed by atoms with Crippen LogP contribution in [0.2, 0.25) is 0 Å². The molecule has 0 saturated carbocycles. The predicted molar refractivity (Wildman–Crippen MR) is 133 cm³/mol. The molecular weight excluding hydrogens is 408 g/mol. The van der Waals surface area contributed by atoms with Crippen molar-refractivity contribution >= 4 is 5.91 Å². The van der Waals surface area contributed by atoms with E-state index >= 15 is 0 Å². The molecule has 1 fully saturated rings. The van der Waals surface area contributed by atoms with E-state index in [1.807, 2.05) is 37.5 Å². The quantitative estimate of drug-likeness (QED) is 0.521. The number of carbonyl (C=O) groups is 1. The largest absolute Gasteiger partial charge is 0.352 e. The number of hydrogen-bond donors (Lipinski definition) is 1. The Labute approximate surface area is 196 Å². The lowest BCUT2D eigenvalue weighted by molar-refractivity contribution is -0.133. The number of aryl methyl sites for hydroxylation is 1. The van der Waals surface area contributed by atoms with E-state index in [4.69, 9.17) is 0 Å². The van der Waals surface area contributed by atoms with Gasteiger partial charge in [-0.2, -0.15) is 0 Å². The summed E-state index contributed by atoms with van der Waals surface area (Å²) in [5.74, 6) is 0.130. The molecule has 1 aromatic carbocycles. The Hall–Kier alpha value is -3.31. The molecule has 5 heteroatoms. The first-order valence-electron chi connectivity index (χ1n) is 11.6. The minimum atomic E-state index is -0.420. The number of hydrogen-bond acceptors (Lipinski definition) is 4. The zero-order valence-corrected chi connectivity index (χ0v) is 19.3. The summed E-state index contributed by atoms with van der Waals surface area (Å²) in [6.45, 7) is 8.85. The zero-order chi connectivity index (χ0) is 23.1. The molecule has 2 aromatic heterocycles. The van der Waals surface area contributed by atoms with Crippen LogP contribution in [0.1, 0.15) is 29.8 Å². The lowest BCUT2D eigenvalue weighted by Crippen LogP contribution is -2.50. The summed E-state index contributed by atoms with van der Waals surface area (Å²) < 4.78 is 0. The highest BCUT2D eigenvalue weighted by Crippen LogP contribution is 2.37. The minimum absolute atomic E-state index is 0.130. The Balaban J connectivity index is 1.51. The molecule has 170 valence electrons. The van der Waals surface area contributed by atoms with Gasteiger partial charge in [0, 0.05) is 31.2 Å². The number of piperidine rings is 1. The first kappa shape index (κ1) is 22.9. The fourth-order valence-corrected chi connectivity index (χ4v) is 4.69. The maximum absolute atomic E-state index is 13.3. The third-order valence-corrected chi connectivity index (χ3v) is 6.52. The number of rotatable bonds is 8. The Morgan fingerprint density at radius 3 is 2.58 bits per heavy atom. The lowest BCUT2D eigenvalue weighted by atomic mass is 9.72. The van der Waals surface area contributed by atoms with Crippen LogP contribution in [0.25, 0.3) is 11.1 Å². The maximum Gasteiger partial charge on any atom is 0.226 e. The van der Waals surface area contributed by atoms with E-state index in [9.17, 15) is 4.79 Å². The summed E-state index contributed by atoms with van der Waals surface area (Å²) in [6.07, 6.45) is 7.73. The van der Waals surface area contributed by atoms with Gasteiger partial charge in [-0.25, -0.2) is 0 Å². The van der Waals surface area contributed by atoms with E-state index in [0.29, 0.717) is 6.54 Å². The van der Waals surface area contributed by atoms with E-state index in [0.717, 1.165) is 61.4 Å². The Morgan fingerprint density at radius 1 is 1.09 bits per heavy atom. The molecule has 5 nitrogen and oxygen atoms in total. The number of amides is 1. The summed E-state index contributed by atoms with van der Waals surface area (Å²) in [5, 5.41) is 3.09. The van der Waals surface area contributed by atoms with Gasteiger partial charge in [0.1, 0.15) is 0 Å². The third-order valence-electron chi connectivity index (χ3n) is 6.52. The van der Waals surface area contributed by atoms with Crippen LogP contribution in [0, 0.1) is 12.3 Å². The number of nitrogens with zero attached hydrogens (tertiary/aromatic N) is 3. The first-order valence-corrected chi connectivity index (χ1v) is 11.6. The summed E-state index contributed by atoms with van der Waals surface area (Å²) in [4.78, 5) is 24.5. The Morgan fingerprint density at radius 2 is 1.85 bits per heavy atom. The molecule has 1 aliphatic heterocycles. The molecule has 1 aliphatic rings. The molecule has 3 heterocycles. The number of nitrogens with one attached hydrogen (secondary N) is 1. The van der Waals surface area contributed by atoms with Gasteiger partial charge in [0.05, 0.1) is 11.1 Å². The van der Waals surface area contributed by atoms with Crippen LogP contribution in [-0.4, -0.2) is 40.4 Å². The summed E-state index contributed by atoms with van der Waals surface area (Å²) in [7, 11) is 0. The van der Waals surface area contributed by atoms with Gasteiger partial charge in [0.2, 0.25) is 5.91 Å². The minimum Gasteiger partial charge on any atom is -0.352 e. The fraction of sp³-hybridized carbons (Fsp3) is 0.321. The Kier molecular flexibility index (Phi) is 7.30. The normalized spacial score (nSPS) is 15.7. The van der Waals surface area contributed by atoms with Crippen LogP contribution in [0.5, 0.6) is 0 Å². The number of aromatic nitrogens is 2. The lowest BCUT2D eigenvalue weighted by Gasteiger charge is -2.41. The number of likely N-dealkylation sites (tertiary alicyclic amines) is 1. The molecule has 0 atom stereocenters. The van der Waals surface area contributed by atoms with Crippen molar-refractivity contribution in [2.45, 2.75) is 32.7 Å². The van der Waals surface area contributed by atoms with Crippen LogP contribution in [0.15, 0.2) is 79.6 Å². The van der Waals surface area contributed by atoms with Gasteiger partial charge < -0.3 is 5.32 Å². The third kappa shape index (κ3) is 5.74. The van der Waals surface area contributed by atoms with Crippen molar-refractivity contribution in [3.8, 4) is 11.1 Å². The monoisotopic (exact) mass is 440 g/mol. The first-order chi connectivity index (χ1) is 16.1. The smallest absolute Gasteiger partial charge is 0.226 e. The van der Waals surface area contributed by atoms with Gasteiger partial charge in [0.15, 0.2) is 0 Å². The second-order valence-electron chi connectivity index (χ2n) is 8.94. The summed E-state index contributed by atoms with van der Waals surface area (Å²) in [6, 6.07) is 18.7. The standard InChI is InChI=1S/C28H32N4O/c1-3-14-30-27(33)28(12-17-32(18-13-28)21-26-9-4-6-22(2)31-26)20-23-7-5-8-25(19-23)24-10-15-29-16-11-24/h3-11,15-16,19H,1,12-14,17-18,20-21H2,2H3,(H,30,33). The average Bonchev–Trinajstić information content (AvgIpc) is 2.84. The van der Waals surface area contributed by atoms with Gasteiger partial charge in [-0.15, -0.1) is 6.58 Å². The second kappa shape index (κ2) is 10.5. The van der Waals surface area contributed by atoms with Crippen LogP contribution < -0.4 is 5.32 Å². The van der Waals surface area contributed by atoms with Crippen molar-refractivity contribution in [1.29, 1.82) is 0 Å². The van der Waals surface area contributed by atoms with E-state index in [2.05, 4.69) is 63.2 Å². The summed E-state index contributed by atoms with van der Waals surface area (Å²) >= 11 is 0. The van der Waals surface area contributed by atoms with Gasteiger partial charge >= 0.3 is 0 Å². The van der Waals surface area contributed by atoms with Gasteiger partial charge in [-0.1, -0.05) is 36.4 Å². The van der Waals surface area contributed by atoms with Crippen molar-refractivity contribution in [2.24, 2.45) is 5.41 Å². The van der Waals surface area contributed by atoms with Crippen molar-refractivity contribution in [3.05, 3.63) is 96.6 Å². The second-order valence-corrected chi connectivity index (χ2v) is 8.94. The van der Waals surface area contributed by atoms with Crippen molar-refractivity contribution in [3.63, 3.8) is 0 Å². The fourth-order valence-electron chi connectivity index (χ4n) is 4.69. The van der Waals surface area contributed by atoms with E-state index in [1.165, 1.54) is 5.56 Å². The van der Waals surface area contributed by atoms with Crippen LogP contribution in [-0.2, 0) is 17.8 Å². The SMILES string of the molecule is C=CCNC(=O)C1(Cc2cccc(-c3ccncc3)c2)CCN(Cc2cccc(C)n2)CC1. The molecule has 0 spiro atoms. The molecule has 0 radical (unpaired) electrons. The predicted octanol–water partition coefficient (Wildman–Crippen LogP) is 4.58. The van der Waals surface area contributed by atoms with E-state index < -0.39 is 5.41 Å². The molecule has 3 aromatic rings. The Bertz CT molecular complexity index is 1090. The number of carbonyl (C=O) groups excluding carboxylic acids is 1. The average molecular weight is 441 g/mol. The number of benzene rings is 1. The topological polar surface area (TPSA) is 58.1 Å². The molecule has 1 amide bonds. The van der Waals surface area contributed by atoms with E-state index in [-0.39, 0.29) is 5.91 Å². The molecular formula is C28H32N4O. The molecule has 0 unspecified atom stereocenters. The highest BCUT2D eigenvalue weighted by atomic mass is 16.2. The van der Waals surface area contributed by atoms with Crippen LogP contribution >= 0.6 is 0 Å². The molecule has 33 heavy (non-hydrogen) atoms. The molecule has 1 saturated heterocycles.